The molecule has 43 heavy (non-hydrogen) atoms. The van der Waals surface area contributed by atoms with E-state index in [0.717, 1.165) is 59.1 Å². The maximum Gasteiger partial charge on any atom is 0.250 e. The second-order valence-corrected chi connectivity index (χ2v) is 10.7. The number of amidine groups is 1. The van der Waals surface area contributed by atoms with Crippen molar-refractivity contribution in [3.05, 3.63) is 70.3 Å². The molecule has 4 aromatic rings. The van der Waals surface area contributed by atoms with Crippen LogP contribution in [-0.4, -0.2) is 63.7 Å². The van der Waals surface area contributed by atoms with Crippen LogP contribution >= 0.6 is 12.2 Å². The van der Waals surface area contributed by atoms with Gasteiger partial charge in [-0.05, 0) is 42.2 Å². The zero-order chi connectivity index (χ0) is 30.5. The molecule has 0 unspecified atom stereocenters. The van der Waals surface area contributed by atoms with Crippen molar-refractivity contribution in [1.29, 1.82) is 0 Å². The quantitative estimate of drug-likeness (QED) is 0.231. The average Bonchev–Trinajstić information content (AvgIpc) is 3.19. The fourth-order valence-electron chi connectivity index (χ4n) is 5.11. The van der Waals surface area contributed by atoms with Crippen LogP contribution in [0.5, 0.6) is 11.8 Å². The van der Waals surface area contributed by atoms with Crippen LogP contribution in [0.3, 0.4) is 0 Å². The predicted molar refractivity (Wildman–Crippen MR) is 171 cm³/mol. The molecule has 0 atom stereocenters. The normalized spacial score (nSPS) is 12.7. The van der Waals surface area contributed by atoms with Crippen molar-refractivity contribution in [2.75, 3.05) is 27.3 Å². The Hall–Kier alpha value is -4.64. The number of rotatable bonds is 10. The van der Waals surface area contributed by atoms with Gasteiger partial charge >= 0.3 is 0 Å². The minimum absolute atomic E-state index is 0.0230. The molecule has 0 saturated carbocycles. The Labute approximate surface area is 255 Å². The number of aliphatic imine (C=N–C) groups is 1. The Kier molecular flexibility index (Phi) is 9.10. The number of nitrogens with two attached hydrogens (primary N) is 1. The zero-order valence-corrected chi connectivity index (χ0v) is 25.6. The van der Waals surface area contributed by atoms with E-state index in [4.69, 9.17) is 27.4 Å². The fraction of sp³-hybridized carbons (Fsp3) is 0.312. The van der Waals surface area contributed by atoms with Crippen molar-refractivity contribution in [3.8, 4) is 22.9 Å². The number of methoxy groups -OCH3 is 2. The van der Waals surface area contributed by atoms with E-state index in [-0.39, 0.29) is 12.5 Å². The monoisotopic (exact) mass is 597 g/mol. The molecule has 3 heterocycles. The first-order valence-electron chi connectivity index (χ1n) is 14.3. The van der Waals surface area contributed by atoms with Gasteiger partial charge in [0.2, 0.25) is 17.7 Å². The van der Waals surface area contributed by atoms with Crippen LogP contribution in [0.2, 0.25) is 0 Å². The van der Waals surface area contributed by atoms with Gasteiger partial charge in [0, 0.05) is 41.4 Å². The lowest BCUT2D eigenvalue weighted by atomic mass is 9.99. The van der Waals surface area contributed by atoms with E-state index < -0.39 is 0 Å². The molecule has 0 aliphatic carbocycles. The number of benzene rings is 2. The third-order valence-corrected chi connectivity index (χ3v) is 7.60. The first-order chi connectivity index (χ1) is 20.8. The fourth-order valence-corrected chi connectivity index (χ4v) is 5.41. The number of hydrogen-bond acceptors (Lipinski definition) is 9. The summed E-state index contributed by atoms with van der Waals surface area (Å²) < 4.78 is 12.8. The van der Waals surface area contributed by atoms with Gasteiger partial charge in [-0.2, -0.15) is 15.1 Å². The van der Waals surface area contributed by atoms with Gasteiger partial charge < -0.3 is 20.1 Å². The number of hydrogen-bond donors (Lipinski definition) is 1. The standard InChI is InChI=1S/C32H35N7O3S/c1-5-11-38(12-6-2)31(40)23-14-22-8-7-21(15-26(22)35-27(33)16-23)20-9-10-25-24(13-20)18-34-39(32(25)43)19-28-36-29(41-3)17-30(37-28)42-4/h7-10,13-15,17-18H,5-6,11-12,16,19H2,1-4H3,(H2,33,35). The van der Waals surface area contributed by atoms with Gasteiger partial charge in [0.1, 0.15) is 17.0 Å². The molecule has 10 nitrogen and oxygen atoms in total. The van der Waals surface area contributed by atoms with Crippen LogP contribution in [-0.2, 0) is 11.3 Å². The van der Waals surface area contributed by atoms with Crippen LogP contribution in [0.25, 0.3) is 28.0 Å². The van der Waals surface area contributed by atoms with Gasteiger partial charge in [-0.15, -0.1) is 0 Å². The lowest BCUT2D eigenvalue weighted by Crippen LogP contribution is -2.34. The lowest BCUT2D eigenvalue weighted by molar-refractivity contribution is -0.127. The van der Waals surface area contributed by atoms with Crippen molar-refractivity contribution < 1.29 is 14.3 Å². The summed E-state index contributed by atoms with van der Waals surface area (Å²) in [6.45, 7) is 5.86. The lowest BCUT2D eigenvalue weighted by Gasteiger charge is -2.22. The Morgan fingerprint density at radius 3 is 2.35 bits per heavy atom. The number of aromatic nitrogens is 4. The summed E-state index contributed by atoms with van der Waals surface area (Å²) >= 11 is 5.78. The molecule has 0 fully saturated rings. The zero-order valence-electron chi connectivity index (χ0n) is 24.8. The highest BCUT2D eigenvalue weighted by Gasteiger charge is 2.21. The number of amides is 1. The SMILES string of the molecule is CCCN(CCC)C(=O)C1=Cc2ccc(-c3ccc4c(=S)n(Cc5nc(OC)cc(OC)n5)ncc4c3)cc2N=C(N)C1. The number of fused-ring (bicyclic) bond motifs is 2. The van der Waals surface area contributed by atoms with Crippen molar-refractivity contribution in [2.45, 2.75) is 39.7 Å². The van der Waals surface area contributed by atoms with Crippen LogP contribution in [0.15, 0.2) is 59.2 Å². The van der Waals surface area contributed by atoms with Crippen LogP contribution in [0.4, 0.5) is 5.69 Å². The molecule has 2 aromatic heterocycles. The highest BCUT2D eigenvalue weighted by molar-refractivity contribution is 7.71. The number of ether oxygens (including phenoxy) is 2. The second kappa shape index (κ2) is 13.1. The van der Waals surface area contributed by atoms with E-state index in [9.17, 15) is 4.79 Å². The summed E-state index contributed by atoms with van der Waals surface area (Å²) in [5.41, 5.74) is 10.5. The Balaban J connectivity index is 1.44. The van der Waals surface area contributed by atoms with Gasteiger partial charge in [0.15, 0.2) is 5.82 Å². The molecule has 1 aliphatic rings. The summed E-state index contributed by atoms with van der Waals surface area (Å²) in [7, 11) is 3.08. The Morgan fingerprint density at radius 2 is 1.67 bits per heavy atom. The van der Waals surface area contributed by atoms with Crippen molar-refractivity contribution in [2.24, 2.45) is 10.7 Å². The molecule has 0 radical (unpaired) electrons. The molecule has 1 aliphatic heterocycles. The molecule has 11 heteroatoms. The molecule has 0 saturated heterocycles. The molecule has 2 aromatic carbocycles. The third-order valence-electron chi connectivity index (χ3n) is 7.17. The summed E-state index contributed by atoms with van der Waals surface area (Å²) in [6, 6.07) is 13.7. The van der Waals surface area contributed by atoms with Gasteiger partial charge in [-0.1, -0.05) is 50.3 Å². The molecular weight excluding hydrogens is 562 g/mol. The molecule has 0 spiro atoms. The molecule has 1 amide bonds. The number of nitrogens with zero attached hydrogens (tertiary/aromatic N) is 6. The van der Waals surface area contributed by atoms with Gasteiger partial charge in [0.25, 0.3) is 0 Å². The largest absolute Gasteiger partial charge is 0.481 e. The second-order valence-electron chi connectivity index (χ2n) is 10.3. The van der Waals surface area contributed by atoms with E-state index in [0.29, 0.717) is 40.1 Å². The van der Waals surface area contributed by atoms with Crippen molar-refractivity contribution in [3.63, 3.8) is 0 Å². The Bertz CT molecular complexity index is 1770. The maximum absolute atomic E-state index is 13.3. The highest BCUT2D eigenvalue weighted by Crippen LogP contribution is 2.33. The smallest absolute Gasteiger partial charge is 0.250 e. The minimum atomic E-state index is 0.0230. The molecule has 5 rings (SSSR count). The van der Waals surface area contributed by atoms with Gasteiger partial charge in [-0.3, -0.25) is 4.79 Å². The van der Waals surface area contributed by atoms with E-state index in [2.05, 4.69) is 40.0 Å². The number of carbonyl (C=O) groups is 1. The van der Waals surface area contributed by atoms with E-state index in [1.54, 1.807) is 31.2 Å². The van der Waals surface area contributed by atoms with E-state index in [1.165, 1.54) is 0 Å². The van der Waals surface area contributed by atoms with Crippen molar-refractivity contribution >= 4 is 46.5 Å². The maximum atomic E-state index is 13.3. The Morgan fingerprint density at radius 1 is 1.00 bits per heavy atom. The third kappa shape index (κ3) is 6.56. The average molecular weight is 598 g/mol. The summed E-state index contributed by atoms with van der Waals surface area (Å²) in [5.74, 6) is 1.72. The van der Waals surface area contributed by atoms with Crippen LogP contribution in [0, 0.1) is 4.64 Å². The summed E-state index contributed by atoms with van der Waals surface area (Å²) in [5, 5.41) is 6.36. The predicted octanol–water partition coefficient (Wildman–Crippen LogP) is 5.71. The molecular formula is C32H35N7O3S. The number of carbonyl (C=O) groups excluding carboxylic acids is 1. The first-order valence-corrected chi connectivity index (χ1v) is 14.7. The summed E-state index contributed by atoms with van der Waals surface area (Å²) in [6.07, 6.45) is 5.84. The van der Waals surface area contributed by atoms with Crippen LogP contribution < -0.4 is 15.2 Å². The summed E-state index contributed by atoms with van der Waals surface area (Å²) in [4.78, 5) is 28.7. The van der Waals surface area contributed by atoms with Crippen LogP contribution in [0.1, 0.15) is 44.5 Å². The van der Waals surface area contributed by atoms with Crippen molar-refractivity contribution in [1.82, 2.24) is 24.6 Å². The molecule has 222 valence electrons. The van der Waals surface area contributed by atoms with E-state index >= 15 is 0 Å². The molecule has 0 bridgehead atoms. The topological polar surface area (TPSA) is 121 Å². The first kappa shape index (κ1) is 29.8. The highest BCUT2D eigenvalue weighted by atomic mass is 32.1. The minimum Gasteiger partial charge on any atom is -0.481 e. The molecule has 2 N–H and O–H groups in total. The van der Waals surface area contributed by atoms with Gasteiger partial charge in [-0.25, -0.2) is 9.67 Å². The van der Waals surface area contributed by atoms with Gasteiger partial charge in [0.05, 0.1) is 32.2 Å². The van der Waals surface area contributed by atoms with E-state index in [1.807, 2.05) is 41.3 Å².